The van der Waals surface area contributed by atoms with Crippen molar-refractivity contribution in [3.63, 3.8) is 0 Å². The topological polar surface area (TPSA) is 44.3 Å². The number of likely N-dealkylation sites (N-methyl/N-ethyl adjacent to an activating group) is 1. The molecule has 1 aliphatic heterocycles. The third kappa shape index (κ3) is 5.02. The summed E-state index contributed by atoms with van der Waals surface area (Å²) >= 11 is 0. The van der Waals surface area contributed by atoms with Gasteiger partial charge in [-0.25, -0.2) is 14.4 Å². The number of hydrogen-bond acceptors (Lipinski definition) is 5. The molecular formula is C25H30FN5. The molecule has 0 unspecified atom stereocenters. The van der Waals surface area contributed by atoms with Gasteiger partial charge in [-0.15, -0.1) is 0 Å². The maximum absolute atomic E-state index is 14.2. The monoisotopic (exact) mass is 419 g/mol. The molecule has 3 aromatic rings. The van der Waals surface area contributed by atoms with E-state index in [0.717, 1.165) is 55.2 Å². The molecule has 5 nitrogen and oxygen atoms in total. The van der Waals surface area contributed by atoms with Gasteiger partial charge in [-0.3, -0.25) is 0 Å². The molecule has 1 aromatic heterocycles. The second kappa shape index (κ2) is 9.43. The molecule has 1 fully saturated rings. The predicted molar refractivity (Wildman–Crippen MR) is 125 cm³/mol. The van der Waals surface area contributed by atoms with E-state index in [9.17, 15) is 4.39 Å². The molecule has 162 valence electrons. The summed E-state index contributed by atoms with van der Waals surface area (Å²) in [7, 11) is 0. The molecule has 0 spiro atoms. The zero-order valence-electron chi connectivity index (χ0n) is 18.5. The van der Waals surface area contributed by atoms with E-state index in [1.54, 1.807) is 6.07 Å². The average Bonchev–Trinajstić information content (AvgIpc) is 2.80. The summed E-state index contributed by atoms with van der Waals surface area (Å²) in [6, 6.07) is 13.7. The Balaban J connectivity index is 1.46. The molecule has 6 heteroatoms. The summed E-state index contributed by atoms with van der Waals surface area (Å²) in [5, 5.41) is 3.27. The lowest BCUT2D eigenvalue weighted by molar-refractivity contribution is 0.271. The number of hydrogen-bond donors (Lipinski definition) is 1. The Labute approximate surface area is 183 Å². The van der Waals surface area contributed by atoms with Crippen LogP contribution in [0, 0.1) is 19.7 Å². The number of benzene rings is 2. The highest BCUT2D eigenvalue weighted by Crippen LogP contribution is 2.24. The first kappa shape index (κ1) is 21.2. The van der Waals surface area contributed by atoms with E-state index >= 15 is 0 Å². The van der Waals surface area contributed by atoms with Gasteiger partial charge in [0.25, 0.3) is 0 Å². The minimum Gasteiger partial charge on any atom is -0.369 e. The van der Waals surface area contributed by atoms with Crippen LogP contribution in [-0.2, 0) is 6.54 Å². The summed E-state index contributed by atoms with van der Waals surface area (Å²) in [6.45, 7) is 11.9. The SMILES string of the molecule is CCN1CCN(c2ccc(-c3ncc(C)c(NCc4ccc(C)cc4F)n3)cc2)CC1. The number of nitrogens with one attached hydrogen (secondary N) is 1. The first-order valence-corrected chi connectivity index (χ1v) is 10.9. The van der Waals surface area contributed by atoms with E-state index in [0.29, 0.717) is 17.9 Å². The first-order valence-electron chi connectivity index (χ1n) is 10.9. The van der Waals surface area contributed by atoms with E-state index in [1.165, 1.54) is 5.69 Å². The summed E-state index contributed by atoms with van der Waals surface area (Å²) in [5.74, 6) is 1.19. The fourth-order valence-corrected chi connectivity index (χ4v) is 3.88. The molecular weight excluding hydrogens is 389 g/mol. The van der Waals surface area contributed by atoms with Crippen LogP contribution in [0.3, 0.4) is 0 Å². The number of nitrogens with zero attached hydrogens (tertiary/aromatic N) is 4. The Morgan fingerprint density at radius 2 is 1.74 bits per heavy atom. The molecule has 2 heterocycles. The third-order valence-electron chi connectivity index (χ3n) is 5.94. The summed E-state index contributed by atoms with van der Waals surface area (Å²) in [5.41, 5.74) is 4.68. The number of aromatic nitrogens is 2. The van der Waals surface area contributed by atoms with Gasteiger partial charge in [-0.2, -0.15) is 0 Å². The van der Waals surface area contributed by atoms with Crippen molar-refractivity contribution < 1.29 is 4.39 Å². The van der Waals surface area contributed by atoms with Crippen molar-refractivity contribution in [1.82, 2.24) is 14.9 Å². The van der Waals surface area contributed by atoms with Crippen LogP contribution < -0.4 is 10.2 Å². The number of anilines is 2. The van der Waals surface area contributed by atoms with E-state index in [-0.39, 0.29) is 5.82 Å². The Bertz CT molecular complexity index is 1030. The van der Waals surface area contributed by atoms with Crippen LogP contribution in [0.4, 0.5) is 15.9 Å². The van der Waals surface area contributed by atoms with Gasteiger partial charge in [-0.05, 0) is 56.3 Å². The fourth-order valence-electron chi connectivity index (χ4n) is 3.88. The van der Waals surface area contributed by atoms with Crippen molar-refractivity contribution in [2.75, 3.05) is 42.9 Å². The molecule has 0 bridgehead atoms. The van der Waals surface area contributed by atoms with Crippen LogP contribution in [0.2, 0.25) is 0 Å². The van der Waals surface area contributed by atoms with Gasteiger partial charge < -0.3 is 15.1 Å². The average molecular weight is 420 g/mol. The molecule has 0 saturated carbocycles. The smallest absolute Gasteiger partial charge is 0.161 e. The quantitative estimate of drug-likeness (QED) is 0.630. The van der Waals surface area contributed by atoms with E-state index in [1.807, 2.05) is 32.2 Å². The van der Waals surface area contributed by atoms with E-state index < -0.39 is 0 Å². The van der Waals surface area contributed by atoms with Crippen molar-refractivity contribution >= 4 is 11.5 Å². The van der Waals surface area contributed by atoms with E-state index in [4.69, 9.17) is 4.98 Å². The number of piperazine rings is 1. The second-order valence-electron chi connectivity index (χ2n) is 8.14. The van der Waals surface area contributed by atoms with Crippen molar-refractivity contribution in [3.05, 3.63) is 71.2 Å². The zero-order valence-corrected chi connectivity index (χ0v) is 18.5. The fraction of sp³-hybridized carbons (Fsp3) is 0.360. The lowest BCUT2D eigenvalue weighted by Gasteiger charge is -2.35. The van der Waals surface area contributed by atoms with Crippen LogP contribution in [0.5, 0.6) is 0 Å². The van der Waals surface area contributed by atoms with Crippen LogP contribution in [0.1, 0.15) is 23.6 Å². The number of rotatable bonds is 6. The Kier molecular flexibility index (Phi) is 6.47. The lowest BCUT2D eigenvalue weighted by Crippen LogP contribution is -2.46. The summed E-state index contributed by atoms with van der Waals surface area (Å²) in [6.07, 6.45) is 1.81. The van der Waals surface area contributed by atoms with Gasteiger partial charge in [0.15, 0.2) is 5.82 Å². The molecule has 2 aromatic carbocycles. The number of halogens is 1. The zero-order chi connectivity index (χ0) is 21.8. The second-order valence-corrected chi connectivity index (χ2v) is 8.14. The molecule has 31 heavy (non-hydrogen) atoms. The van der Waals surface area contributed by atoms with Crippen LogP contribution in [0.15, 0.2) is 48.7 Å². The minimum atomic E-state index is -0.199. The Morgan fingerprint density at radius 1 is 1.00 bits per heavy atom. The minimum absolute atomic E-state index is 0.199. The van der Waals surface area contributed by atoms with Crippen molar-refractivity contribution in [2.45, 2.75) is 27.3 Å². The summed E-state index contributed by atoms with van der Waals surface area (Å²) < 4.78 is 14.2. The van der Waals surface area contributed by atoms with Gasteiger partial charge in [0, 0.05) is 61.3 Å². The highest BCUT2D eigenvalue weighted by Gasteiger charge is 2.16. The molecule has 0 aliphatic carbocycles. The van der Waals surface area contributed by atoms with E-state index in [2.05, 4.69) is 51.3 Å². The molecule has 0 radical (unpaired) electrons. The molecule has 0 amide bonds. The van der Waals surface area contributed by atoms with Crippen molar-refractivity contribution in [2.24, 2.45) is 0 Å². The highest BCUT2D eigenvalue weighted by atomic mass is 19.1. The third-order valence-corrected chi connectivity index (χ3v) is 5.94. The maximum Gasteiger partial charge on any atom is 0.161 e. The van der Waals surface area contributed by atoms with Gasteiger partial charge in [0.05, 0.1) is 0 Å². The van der Waals surface area contributed by atoms with Gasteiger partial charge in [-0.1, -0.05) is 19.1 Å². The maximum atomic E-state index is 14.2. The van der Waals surface area contributed by atoms with Crippen LogP contribution in [0.25, 0.3) is 11.4 Å². The summed E-state index contributed by atoms with van der Waals surface area (Å²) in [4.78, 5) is 14.1. The largest absolute Gasteiger partial charge is 0.369 e. The molecule has 1 aliphatic rings. The van der Waals surface area contributed by atoms with Crippen LogP contribution >= 0.6 is 0 Å². The molecule has 0 atom stereocenters. The lowest BCUT2D eigenvalue weighted by atomic mass is 10.1. The Morgan fingerprint density at radius 3 is 2.42 bits per heavy atom. The van der Waals surface area contributed by atoms with Crippen molar-refractivity contribution in [3.8, 4) is 11.4 Å². The van der Waals surface area contributed by atoms with Crippen molar-refractivity contribution in [1.29, 1.82) is 0 Å². The predicted octanol–water partition coefficient (Wildman–Crippen LogP) is 4.65. The normalized spacial score (nSPS) is 14.6. The van der Waals surface area contributed by atoms with Gasteiger partial charge in [0.1, 0.15) is 11.6 Å². The molecule has 4 rings (SSSR count). The van der Waals surface area contributed by atoms with Crippen LogP contribution in [-0.4, -0.2) is 47.6 Å². The Hall–Kier alpha value is -2.99. The molecule has 1 N–H and O–H groups in total. The standard InChI is InChI=1S/C25H30FN5/c1-4-30-11-13-31(14-12-30)22-9-7-20(8-10-22)25-27-16-19(3)24(29-25)28-17-21-6-5-18(2)15-23(21)26/h5-10,15-16H,4,11-14,17H2,1-3H3,(H,27,28,29). The van der Waals surface area contributed by atoms with Gasteiger partial charge in [0.2, 0.25) is 0 Å². The first-order chi connectivity index (χ1) is 15.0. The highest BCUT2D eigenvalue weighted by molar-refractivity contribution is 5.62. The van der Waals surface area contributed by atoms with Gasteiger partial charge >= 0.3 is 0 Å². The molecule has 1 saturated heterocycles. The number of aryl methyl sites for hydroxylation is 2.